The molecule has 0 saturated carbocycles. The van der Waals surface area contributed by atoms with E-state index < -0.39 is 10.0 Å². The molecular formula is C12H17BrN2O3S. The minimum absolute atomic E-state index is 0.284. The lowest BCUT2D eigenvalue weighted by molar-refractivity contribution is 0.148. The van der Waals surface area contributed by atoms with E-state index in [-0.39, 0.29) is 4.90 Å². The Morgan fingerprint density at radius 3 is 2.79 bits per heavy atom. The van der Waals surface area contributed by atoms with Gasteiger partial charge in [0.05, 0.1) is 11.5 Å². The summed E-state index contributed by atoms with van der Waals surface area (Å²) < 4.78 is 32.5. The summed E-state index contributed by atoms with van der Waals surface area (Å²) in [5.41, 5.74) is 6.44. The second-order valence-electron chi connectivity index (χ2n) is 4.34. The molecule has 0 aromatic heterocycles. The quantitative estimate of drug-likeness (QED) is 0.893. The number of ether oxygens (including phenoxy) is 1. The molecule has 106 valence electrons. The number of rotatable bonds is 3. The SMILES string of the molecule is NCc1ccc(S(=O)(=O)N2CCCOCC2)c(Br)c1. The molecule has 1 aliphatic heterocycles. The molecule has 0 amide bonds. The molecular weight excluding hydrogens is 332 g/mol. The molecule has 2 N–H and O–H groups in total. The van der Waals surface area contributed by atoms with Gasteiger partial charge < -0.3 is 10.5 Å². The summed E-state index contributed by atoms with van der Waals surface area (Å²) in [4.78, 5) is 0.284. The molecule has 1 aromatic carbocycles. The summed E-state index contributed by atoms with van der Waals surface area (Å²) in [5, 5.41) is 0. The van der Waals surface area contributed by atoms with Crippen LogP contribution in [0.5, 0.6) is 0 Å². The van der Waals surface area contributed by atoms with Gasteiger partial charge in [0.15, 0.2) is 0 Å². The largest absolute Gasteiger partial charge is 0.380 e. The maximum absolute atomic E-state index is 12.6. The molecule has 1 heterocycles. The number of hydrogen-bond donors (Lipinski definition) is 1. The first-order valence-electron chi connectivity index (χ1n) is 6.12. The van der Waals surface area contributed by atoms with E-state index in [1.807, 2.05) is 0 Å². The minimum Gasteiger partial charge on any atom is -0.380 e. The van der Waals surface area contributed by atoms with Gasteiger partial charge in [-0.15, -0.1) is 0 Å². The van der Waals surface area contributed by atoms with Crippen molar-refractivity contribution in [2.75, 3.05) is 26.3 Å². The molecule has 5 nitrogen and oxygen atoms in total. The second kappa shape index (κ2) is 6.32. The van der Waals surface area contributed by atoms with Crippen LogP contribution in [0.25, 0.3) is 0 Å². The summed E-state index contributed by atoms with van der Waals surface area (Å²) in [6.45, 7) is 2.33. The minimum atomic E-state index is -3.48. The second-order valence-corrected chi connectivity index (χ2v) is 7.10. The lowest BCUT2D eigenvalue weighted by Crippen LogP contribution is -2.33. The Balaban J connectivity index is 2.32. The summed E-state index contributed by atoms with van der Waals surface area (Å²) in [6, 6.07) is 5.10. The predicted molar refractivity (Wildman–Crippen MR) is 76.2 cm³/mol. The molecule has 0 atom stereocenters. The maximum atomic E-state index is 12.6. The van der Waals surface area contributed by atoms with Crippen molar-refractivity contribution >= 4 is 26.0 Å². The average Bonchev–Trinajstić information content (AvgIpc) is 2.67. The molecule has 19 heavy (non-hydrogen) atoms. The molecule has 1 aromatic rings. The van der Waals surface area contributed by atoms with Crippen LogP contribution in [0.3, 0.4) is 0 Å². The van der Waals surface area contributed by atoms with Gasteiger partial charge in [-0.3, -0.25) is 0 Å². The van der Waals surface area contributed by atoms with Crippen LogP contribution in [-0.2, 0) is 21.3 Å². The summed E-state index contributed by atoms with van der Waals surface area (Å²) in [6.07, 6.45) is 0.720. The monoisotopic (exact) mass is 348 g/mol. The third-order valence-corrected chi connectivity index (χ3v) is 5.91. The average molecular weight is 349 g/mol. The van der Waals surface area contributed by atoms with Crippen LogP contribution in [-0.4, -0.2) is 39.0 Å². The summed E-state index contributed by atoms with van der Waals surface area (Å²) >= 11 is 3.32. The van der Waals surface area contributed by atoms with Gasteiger partial charge in [0, 0.05) is 30.7 Å². The van der Waals surface area contributed by atoms with Gasteiger partial charge in [-0.1, -0.05) is 6.07 Å². The van der Waals surface area contributed by atoms with Gasteiger partial charge in [-0.05, 0) is 40.0 Å². The molecule has 0 spiro atoms. The summed E-state index contributed by atoms with van der Waals surface area (Å²) in [5.74, 6) is 0. The van der Waals surface area contributed by atoms with Gasteiger partial charge in [0.1, 0.15) is 0 Å². The highest BCUT2D eigenvalue weighted by Gasteiger charge is 2.27. The van der Waals surface area contributed by atoms with E-state index >= 15 is 0 Å². The van der Waals surface area contributed by atoms with E-state index in [0.29, 0.717) is 37.3 Å². The van der Waals surface area contributed by atoms with Crippen molar-refractivity contribution in [1.29, 1.82) is 0 Å². The molecule has 7 heteroatoms. The van der Waals surface area contributed by atoms with Crippen LogP contribution >= 0.6 is 15.9 Å². The molecule has 1 aliphatic rings. The Labute approximate surface area is 121 Å². The van der Waals surface area contributed by atoms with Crippen LogP contribution in [0.15, 0.2) is 27.6 Å². The first-order valence-corrected chi connectivity index (χ1v) is 8.35. The lowest BCUT2D eigenvalue weighted by atomic mass is 10.2. The number of nitrogens with two attached hydrogens (primary N) is 1. The van der Waals surface area contributed by atoms with Crippen LogP contribution in [0.2, 0.25) is 0 Å². The summed E-state index contributed by atoms with van der Waals surface area (Å²) in [7, 11) is -3.48. The molecule has 1 saturated heterocycles. The van der Waals surface area contributed by atoms with E-state index in [1.165, 1.54) is 4.31 Å². The normalized spacial score (nSPS) is 18.2. The molecule has 2 rings (SSSR count). The Kier molecular flexibility index (Phi) is 4.97. The molecule has 0 aliphatic carbocycles. The number of benzene rings is 1. The fourth-order valence-electron chi connectivity index (χ4n) is 1.98. The highest BCUT2D eigenvalue weighted by Crippen LogP contribution is 2.26. The molecule has 1 fully saturated rings. The lowest BCUT2D eigenvalue weighted by Gasteiger charge is -2.20. The molecule has 0 radical (unpaired) electrons. The fourth-order valence-corrected chi connectivity index (χ4v) is 4.53. The van der Waals surface area contributed by atoms with Crippen molar-refractivity contribution in [3.05, 3.63) is 28.2 Å². The van der Waals surface area contributed by atoms with Crippen molar-refractivity contribution in [3.63, 3.8) is 0 Å². The van der Waals surface area contributed by atoms with Crippen LogP contribution in [0.1, 0.15) is 12.0 Å². The Morgan fingerprint density at radius 2 is 2.11 bits per heavy atom. The number of sulfonamides is 1. The number of hydrogen-bond acceptors (Lipinski definition) is 4. The van der Waals surface area contributed by atoms with E-state index in [1.54, 1.807) is 18.2 Å². The number of halogens is 1. The van der Waals surface area contributed by atoms with Gasteiger partial charge >= 0.3 is 0 Å². The zero-order valence-corrected chi connectivity index (χ0v) is 12.9. The topological polar surface area (TPSA) is 72.6 Å². The number of nitrogens with zero attached hydrogens (tertiary/aromatic N) is 1. The highest BCUT2D eigenvalue weighted by atomic mass is 79.9. The van der Waals surface area contributed by atoms with E-state index in [9.17, 15) is 8.42 Å². The zero-order chi connectivity index (χ0) is 13.9. The van der Waals surface area contributed by atoms with E-state index in [2.05, 4.69) is 15.9 Å². The standard InChI is InChI=1S/C12H17BrN2O3S/c13-11-8-10(9-14)2-3-12(11)19(16,17)15-4-1-6-18-7-5-15/h2-3,8H,1,4-7,9,14H2. The Hall–Kier alpha value is -0.470. The van der Waals surface area contributed by atoms with Gasteiger partial charge in [-0.25, -0.2) is 8.42 Å². The Bertz CT molecular complexity index is 540. The highest BCUT2D eigenvalue weighted by molar-refractivity contribution is 9.10. The van der Waals surface area contributed by atoms with E-state index in [0.717, 1.165) is 12.0 Å². The van der Waals surface area contributed by atoms with Gasteiger partial charge in [-0.2, -0.15) is 4.31 Å². The maximum Gasteiger partial charge on any atom is 0.244 e. The first kappa shape index (κ1) is 14.9. The molecule has 0 bridgehead atoms. The smallest absolute Gasteiger partial charge is 0.244 e. The van der Waals surface area contributed by atoms with Crippen LogP contribution in [0.4, 0.5) is 0 Å². The van der Waals surface area contributed by atoms with Crippen LogP contribution < -0.4 is 5.73 Å². The van der Waals surface area contributed by atoms with Crippen molar-refractivity contribution in [3.8, 4) is 0 Å². The molecule has 0 unspecified atom stereocenters. The van der Waals surface area contributed by atoms with Crippen LogP contribution in [0, 0.1) is 0 Å². The van der Waals surface area contributed by atoms with E-state index in [4.69, 9.17) is 10.5 Å². The Morgan fingerprint density at radius 1 is 1.32 bits per heavy atom. The van der Waals surface area contributed by atoms with Crippen molar-refractivity contribution in [1.82, 2.24) is 4.31 Å². The van der Waals surface area contributed by atoms with Crippen molar-refractivity contribution in [2.24, 2.45) is 5.73 Å². The fraction of sp³-hybridized carbons (Fsp3) is 0.500. The first-order chi connectivity index (χ1) is 9.05. The third kappa shape index (κ3) is 3.35. The predicted octanol–water partition coefficient (Wildman–Crippen LogP) is 1.32. The van der Waals surface area contributed by atoms with Crippen molar-refractivity contribution < 1.29 is 13.2 Å². The third-order valence-electron chi connectivity index (χ3n) is 3.03. The van der Waals surface area contributed by atoms with Gasteiger partial charge in [0.2, 0.25) is 10.0 Å². The van der Waals surface area contributed by atoms with Crippen molar-refractivity contribution in [2.45, 2.75) is 17.9 Å². The van der Waals surface area contributed by atoms with Gasteiger partial charge in [0.25, 0.3) is 0 Å². The zero-order valence-electron chi connectivity index (χ0n) is 10.5.